The number of rotatable bonds is 5. The van der Waals surface area contributed by atoms with E-state index in [2.05, 4.69) is 15.6 Å². The van der Waals surface area contributed by atoms with Gasteiger partial charge in [0, 0.05) is 17.6 Å². The van der Waals surface area contributed by atoms with E-state index in [9.17, 15) is 9.59 Å². The standard InChI is InChI=1S/C15H17N3O3/c1-3-16-14(19)9(2)17-12-8-13(15(20)21)18-11-7-5-4-6-10(11)12/h4-9H,3H2,1-2H3,(H,16,19)(H,17,18)(H,20,21). The number of likely N-dealkylation sites (N-methyl/N-ethyl adjacent to an activating group) is 1. The van der Waals surface area contributed by atoms with E-state index in [-0.39, 0.29) is 11.6 Å². The average molecular weight is 287 g/mol. The van der Waals surface area contributed by atoms with Crippen LogP contribution in [0, 0.1) is 0 Å². The highest BCUT2D eigenvalue weighted by atomic mass is 16.4. The summed E-state index contributed by atoms with van der Waals surface area (Å²) < 4.78 is 0. The lowest BCUT2D eigenvalue weighted by Crippen LogP contribution is -2.37. The summed E-state index contributed by atoms with van der Waals surface area (Å²) in [5, 5.41) is 15.7. The molecule has 0 radical (unpaired) electrons. The van der Waals surface area contributed by atoms with Gasteiger partial charge in [-0.05, 0) is 26.0 Å². The van der Waals surface area contributed by atoms with Gasteiger partial charge in [-0.1, -0.05) is 18.2 Å². The maximum atomic E-state index is 11.8. The number of nitrogens with one attached hydrogen (secondary N) is 2. The largest absolute Gasteiger partial charge is 0.477 e. The van der Waals surface area contributed by atoms with Crippen molar-refractivity contribution >= 4 is 28.5 Å². The van der Waals surface area contributed by atoms with Crippen LogP contribution in [0.15, 0.2) is 30.3 Å². The van der Waals surface area contributed by atoms with Gasteiger partial charge in [0.1, 0.15) is 6.04 Å². The van der Waals surface area contributed by atoms with E-state index >= 15 is 0 Å². The fourth-order valence-electron chi connectivity index (χ4n) is 2.03. The fraction of sp³-hybridized carbons (Fsp3) is 0.267. The first-order valence-corrected chi connectivity index (χ1v) is 6.70. The Kier molecular flexibility index (Phi) is 4.37. The second kappa shape index (κ2) is 6.21. The van der Waals surface area contributed by atoms with Crippen LogP contribution in [0.1, 0.15) is 24.3 Å². The molecule has 2 aromatic rings. The second-order valence-electron chi connectivity index (χ2n) is 4.64. The number of nitrogens with zero attached hydrogens (tertiary/aromatic N) is 1. The highest BCUT2D eigenvalue weighted by Crippen LogP contribution is 2.23. The lowest BCUT2D eigenvalue weighted by Gasteiger charge is -2.16. The van der Waals surface area contributed by atoms with Crippen LogP contribution in [0.3, 0.4) is 0 Å². The van der Waals surface area contributed by atoms with Crippen molar-refractivity contribution in [3.8, 4) is 0 Å². The number of carbonyl (C=O) groups excluding carboxylic acids is 1. The molecule has 2 rings (SSSR count). The van der Waals surface area contributed by atoms with E-state index in [1.54, 1.807) is 19.1 Å². The third-order valence-electron chi connectivity index (χ3n) is 3.05. The molecule has 21 heavy (non-hydrogen) atoms. The number of aromatic carboxylic acids is 1. The Labute approximate surface area is 122 Å². The Morgan fingerprint density at radius 2 is 2.05 bits per heavy atom. The average Bonchev–Trinajstić information content (AvgIpc) is 2.47. The number of para-hydroxylation sites is 1. The lowest BCUT2D eigenvalue weighted by atomic mass is 10.1. The third-order valence-corrected chi connectivity index (χ3v) is 3.05. The van der Waals surface area contributed by atoms with Gasteiger partial charge in [-0.2, -0.15) is 0 Å². The maximum absolute atomic E-state index is 11.8. The van der Waals surface area contributed by atoms with Crippen molar-refractivity contribution in [1.29, 1.82) is 0 Å². The molecule has 1 unspecified atom stereocenters. The minimum atomic E-state index is -1.10. The van der Waals surface area contributed by atoms with Crippen LogP contribution in [-0.2, 0) is 4.79 Å². The number of benzene rings is 1. The molecule has 1 amide bonds. The Balaban J connectivity index is 2.41. The smallest absolute Gasteiger partial charge is 0.354 e. The molecule has 0 saturated heterocycles. The minimum Gasteiger partial charge on any atom is -0.477 e. The van der Waals surface area contributed by atoms with E-state index in [0.29, 0.717) is 17.7 Å². The molecule has 110 valence electrons. The SMILES string of the molecule is CCNC(=O)C(C)Nc1cc(C(=O)O)nc2ccccc12. The van der Waals surface area contributed by atoms with Crippen LogP contribution in [0.5, 0.6) is 0 Å². The maximum Gasteiger partial charge on any atom is 0.354 e. The van der Waals surface area contributed by atoms with Crippen molar-refractivity contribution in [2.75, 3.05) is 11.9 Å². The summed E-state index contributed by atoms with van der Waals surface area (Å²) in [5.41, 5.74) is 1.10. The number of pyridine rings is 1. The molecule has 6 heteroatoms. The summed E-state index contributed by atoms with van der Waals surface area (Å²) in [6, 6.07) is 8.17. The molecule has 0 aliphatic carbocycles. The zero-order valence-electron chi connectivity index (χ0n) is 11.9. The fourth-order valence-corrected chi connectivity index (χ4v) is 2.03. The quantitative estimate of drug-likeness (QED) is 0.781. The van der Waals surface area contributed by atoms with E-state index in [1.807, 2.05) is 19.1 Å². The molecule has 3 N–H and O–H groups in total. The molecule has 0 aliphatic rings. The Morgan fingerprint density at radius 3 is 2.71 bits per heavy atom. The first-order chi connectivity index (χ1) is 10.0. The van der Waals surface area contributed by atoms with Crippen molar-refractivity contribution in [2.24, 2.45) is 0 Å². The van der Waals surface area contributed by atoms with Gasteiger partial charge in [0.15, 0.2) is 5.69 Å². The normalized spacial score (nSPS) is 11.9. The second-order valence-corrected chi connectivity index (χ2v) is 4.64. The first kappa shape index (κ1) is 14.8. The zero-order valence-corrected chi connectivity index (χ0v) is 11.9. The summed E-state index contributed by atoms with van der Waals surface area (Å²) >= 11 is 0. The van der Waals surface area contributed by atoms with Crippen LogP contribution in [0.25, 0.3) is 10.9 Å². The molecule has 1 aromatic heterocycles. The van der Waals surface area contributed by atoms with E-state index in [4.69, 9.17) is 5.11 Å². The van der Waals surface area contributed by atoms with Gasteiger partial charge < -0.3 is 15.7 Å². The van der Waals surface area contributed by atoms with Crippen LogP contribution in [-0.4, -0.2) is 34.6 Å². The van der Waals surface area contributed by atoms with Gasteiger partial charge in [0.25, 0.3) is 0 Å². The number of carboxylic acid groups (broad SMARTS) is 1. The topological polar surface area (TPSA) is 91.3 Å². The van der Waals surface area contributed by atoms with Crippen molar-refractivity contribution in [2.45, 2.75) is 19.9 Å². The van der Waals surface area contributed by atoms with Crippen LogP contribution < -0.4 is 10.6 Å². The van der Waals surface area contributed by atoms with Gasteiger partial charge in [-0.15, -0.1) is 0 Å². The molecule has 1 heterocycles. The minimum absolute atomic E-state index is 0.0562. The molecule has 1 aromatic carbocycles. The van der Waals surface area contributed by atoms with Crippen molar-refractivity contribution in [3.05, 3.63) is 36.0 Å². The number of carboxylic acids is 1. The van der Waals surface area contributed by atoms with E-state index in [0.717, 1.165) is 5.39 Å². The monoisotopic (exact) mass is 287 g/mol. The number of aromatic nitrogens is 1. The number of hydrogen-bond acceptors (Lipinski definition) is 4. The van der Waals surface area contributed by atoms with Gasteiger partial charge in [-0.25, -0.2) is 9.78 Å². The third kappa shape index (κ3) is 3.28. The number of hydrogen-bond donors (Lipinski definition) is 3. The predicted molar refractivity (Wildman–Crippen MR) is 80.5 cm³/mol. The summed E-state index contributed by atoms with van der Waals surface area (Å²) in [7, 11) is 0. The molecule has 0 bridgehead atoms. The lowest BCUT2D eigenvalue weighted by molar-refractivity contribution is -0.121. The molecule has 1 atom stereocenters. The van der Waals surface area contributed by atoms with Gasteiger partial charge in [-0.3, -0.25) is 4.79 Å². The molecular weight excluding hydrogens is 270 g/mol. The summed E-state index contributed by atoms with van der Waals surface area (Å²) in [6.07, 6.45) is 0. The highest BCUT2D eigenvalue weighted by molar-refractivity contribution is 5.98. The zero-order chi connectivity index (χ0) is 15.4. The van der Waals surface area contributed by atoms with Gasteiger partial charge >= 0.3 is 5.97 Å². The predicted octanol–water partition coefficient (Wildman–Crippen LogP) is 1.87. The Morgan fingerprint density at radius 1 is 1.33 bits per heavy atom. The summed E-state index contributed by atoms with van der Waals surface area (Å²) in [6.45, 7) is 4.11. The molecule has 0 saturated carbocycles. The molecule has 0 fully saturated rings. The summed E-state index contributed by atoms with van der Waals surface area (Å²) in [5.74, 6) is -1.25. The molecule has 6 nitrogen and oxygen atoms in total. The van der Waals surface area contributed by atoms with Crippen molar-refractivity contribution < 1.29 is 14.7 Å². The van der Waals surface area contributed by atoms with Crippen LogP contribution in [0.2, 0.25) is 0 Å². The van der Waals surface area contributed by atoms with E-state index < -0.39 is 12.0 Å². The highest BCUT2D eigenvalue weighted by Gasteiger charge is 2.15. The van der Waals surface area contributed by atoms with Gasteiger partial charge in [0.05, 0.1) is 5.52 Å². The van der Waals surface area contributed by atoms with Crippen molar-refractivity contribution in [1.82, 2.24) is 10.3 Å². The Bertz CT molecular complexity index is 685. The number of amides is 1. The molecule has 0 aliphatic heterocycles. The van der Waals surface area contributed by atoms with E-state index in [1.165, 1.54) is 6.07 Å². The number of carbonyl (C=O) groups is 2. The number of anilines is 1. The van der Waals surface area contributed by atoms with Crippen LogP contribution in [0.4, 0.5) is 5.69 Å². The van der Waals surface area contributed by atoms with Crippen LogP contribution >= 0.6 is 0 Å². The summed E-state index contributed by atoms with van der Waals surface area (Å²) in [4.78, 5) is 27.0. The van der Waals surface area contributed by atoms with Crippen molar-refractivity contribution in [3.63, 3.8) is 0 Å². The molecular formula is C15H17N3O3. The molecule has 0 spiro atoms. The first-order valence-electron chi connectivity index (χ1n) is 6.70. The Hall–Kier alpha value is -2.63. The van der Waals surface area contributed by atoms with Gasteiger partial charge in [0.2, 0.25) is 5.91 Å². The number of fused-ring (bicyclic) bond motifs is 1.